The Morgan fingerprint density at radius 1 is 1.45 bits per heavy atom. The Bertz CT molecular complexity index is 475. The first-order chi connectivity index (χ1) is 9.56. The number of methoxy groups -OCH3 is 1. The highest BCUT2D eigenvalue weighted by Gasteiger charge is 2.33. The van der Waals surface area contributed by atoms with Gasteiger partial charge in [0.05, 0.1) is 19.1 Å². The maximum absolute atomic E-state index is 12.6. The van der Waals surface area contributed by atoms with E-state index >= 15 is 0 Å². The van der Waals surface area contributed by atoms with Crippen molar-refractivity contribution in [1.29, 1.82) is 0 Å². The van der Waals surface area contributed by atoms with Gasteiger partial charge in [-0.05, 0) is 32.9 Å². The van der Waals surface area contributed by atoms with Crippen molar-refractivity contribution in [3.05, 3.63) is 29.8 Å². The van der Waals surface area contributed by atoms with E-state index in [0.717, 1.165) is 24.3 Å². The minimum absolute atomic E-state index is 0.00597. The number of benzene rings is 1. The molecule has 0 saturated carbocycles. The lowest BCUT2D eigenvalue weighted by molar-refractivity contribution is -0.136. The Morgan fingerprint density at radius 3 is 2.75 bits per heavy atom. The van der Waals surface area contributed by atoms with E-state index < -0.39 is 0 Å². The van der Waals surface area contributed by atoms with Gasteiger partial charge in [-0.15, -0.1) is 0 Å². The van der Waals surface area contributed by atoms with Crippen LogP contribution in [0.2, 0.25) is 0 Å². The van der Waals surface area contributed by atoms with E-state index in [1.165, 1.54) is 0 Å². The highest BCUT2D eigenvalue weighted by molar-refractivity contribution is 5.80. The van der Waals surface area contributed by atoms with Crippen LogP contribution in [-0.2, 0) is 4.79 Å². The fourth-order valence-electron chi connectivity index (χ4n) is 2.87. The number of hydrogen-bond acceptors (Lipinski definition) is 3. The predicted molar refractivity (Wildman–Crippen MR) is 79.8 cm³/mol. The van der Waals surface area contributed by atoms with Crippen molar-refractivity contribution in [1.82, 2.24) is 10.2 Å². The second-order valence-corrected chi connectivity index (χ2v) is 5.51. The molecule has 0 spiro atoms. The quantitative estimate of drug-likeness (QED) is 0.917. The molecule has 0 radical (unpaired) electrons. The van der Waals surface area contributed by atoms with Gasteiger partial charge in [0, 0.05) is 18.7 Å². The van der Waals surface area contributed by atoms with Gasteiger partial charge in [0.1, 0.15) is 5.75 Å². The van der Waals surface area contributed by atoms with Crippen molar-refractivity contribution in [3.63, 3.8) is 0 Å². The van der Waals surface area contributed by atoms with Crippen LogP contribution >= 0.6 is 0 Å². The van der Waals surface area contributed by atoms with E-state index in [1.807, 2.05) is 43.1 Å². The molecule has 1 aromatic carbocycles. The van der Waals surface area contributed by atoms with Gasteiger partial charge >= 0.3 is 0 Å². The number of rotatable bonds is 4. The standard InChI is InChI=1S/C16H24N2O2/c1-11-13(9-10-17-11)16(19)18(3)12(2)14-7-5-6-8-15(14)20-4/h5-8,11-13,17H,9-10H2,1-4H3. The molecule has 0 aliphatic carbocycles. The fraction of sp³-hybridized carbons (Fsp3) is 0.562. The normalized spacial score (nSPS) is 23.4. The minimum Gasteiger partial charge on any atom is -0.496 e. The Morgan fingerprint density at radius 2 is 2.15 bits per heavy atom. The van der Waals surface area contributed by atoms with Crippen molar-refractivity contribution in [2.45, 2.75) is 32.4 Å². The first-order valence-electron chi connectivity index (χ1n) is 7.19. The number of carbonyl (C=O) groups is 1. The van der Waals surface area contributed by atoms with Gasteiger partial charge in [0.2, 0.25) is 5.91 Å². The molecule has 1 fully saturated rings. The average molecular weight is 276 g/mol. The highest BCUT2D eigenvalue weighted by atomic mass is 16.5. The third kappa shape index (κ3) is 2.80. The molecule has 1 amide bonds. The summed E-state index contributed by atoms with van der Waals surface area (Å²) in [6.45, 7) is 5.05. The summed E-state index contributed by atoms with van der Waals surface area (Å²) in [4.78, 5) is 14.5. The van der Waals surface area contributed by atoms with Crippen LogP contribution in [0.15, 0.2) is 24.3 Å². The lowest BCUT2D eigenvalue weighted by Crippen LogP contribution is -2.39. The smallest absolute Gasteiger partial charge is 0.227 e. The Hall–Kier alpha value is -1.55. The summed E-state index contributed by atoms with van der Waals surface area (Å²) in [6.07, 6.45) is 0.920. The fourth-order valence-corrected chi connectivity index (χ4v) is 2.87. The lowest BCUT2D eigenvalue weighted by atomic mass is 9.98. The van der Waals surface area contributed by atoms with Gasteiger partial charge in [-0.25, -0.2) is 0 Å². The molecule has 0 aromatic heterocycles. The Balaban J connectivity index is 2.15. The highest BCUT2D eigenvalue weighted by Crippen LogP contribution is 2.30. The Kier molecular flexibility index (Phi) is 4.65. The number of ether oxygens (including phenoxy) is 1. The zero-order valence-electron chi connectivity index (χ0n) is 12.7. The van der Waals surface area contributed by atoms with Crippen molar-refractivity contribution in [2.24, 2.45) is 5.92 Å². The van der Waals surface area contributed by atoms with Crippen LogP contribution in [0.4, 0.5) is 0 Å². The largest absolute Gasteiger partial charge is 0.496 e. The number of nitrogens with zero attached hydrogens (tertiary/aromatic N) is 1. The number of nitrogens with one attached hydrogen (secondary N) is 1. The minimum atomic E-state index is 0.00597. The average Bonchev–Trinajstić information content (AvgIpc) is 2.91. The maximum Gasteiger partial charge on any atom is 0.227 e. The molecule has 1 aromatic rings. The molecule has 1 aliphatic rings. The van der Waals surface area contributed by atoms with E-state index in [-0.39, 0.29) is 23.9 Å². The molecule has 20 heavy (non-hydrogen) atoms. The molecule has 2 rings (SSSR count). The number of carbonyl (C=O) groups excluding carboxylic acids is 1. The van der Waals surface area contributed by atoms with Gasteiger partial charge in [-0.2, -0.15) is 0 Å². The number of para-hydroxylation sites is 1. The number of amides is 1. The van der Waals surface area contributed by atoms with Crippen LogP contribution in [0.1, 0.15) is 31.9 Å². The van der Waals surface area contributed by atoms with Gasteiger partial charge in [-0.3, -0.25) is 4.79 Å². The third-order valence-electron chi connectivity index (χ3n) is 4.36. The van der Waals surface area contributed by atoms with Gasteiger partial charge in [-0.1, -0.05) is 18.2 Å². The summed E-state index contributed by atoms with van der Waals surface area (Å²) >= 11 is 0. The maximum atomic E-state index is 12.6. The molecule has 4 nitrogen and oxygen atoms in total. The van der Waals surface area contributed by atoms with Crippen LogP contribution in [0.25, 0.3) is 0 Å². The molecule has 0 bridgehead atoms. The molecule has 1 aliphatic heterocycles. The van der Waals surface area contributed by atoms with E-state index in [9.17, 15) is 4.79 Å². The Labute approximate surface area is 121 Å². The van der Waals surface area contributed by atoms with Crippen LogP contribution < -0.4 is 10.1 Å². The third-order valence-corrected chi connectivity index (χ3v) is 4.36. The zero-order chi connectivity index (χ0) is 14.7. The molecule has 3 atom stereocenters. The van der Waals surface area contributed by atoms with Gasteiger partial charge in [0.25, 0.3) is 0 Å². The monoisotopic (exact) mass is 276 g/mol. The van der Waals surface area contributed by atoms with E-state index in [2.05, 4.69) is 12.2 Å². The van der Waals surface area contributed by atoms with Gasteiger partial charge in [0.15, 0.2) is 0 Å². The summed E-state index contributed by atoms with van der Waals surface area (Å²) < 4.78 is 5.39. The molecule has 3 unspecified atom stereocenters. The number of hydrogen-bond donors (Lipinski definition) is 1. The molecule has 1 N–H and O–H groups in total. The van der Waals surface area contributed by atoms with Crippen LogP contribution in [0, 0.1) is 5.92 Å². The molecule has 1 saturated heterocycles. The van der Waals surface area contributed by atoms with E-state index in [4.69, 9.17) is 4.74 Å². The first kappa shape index (κ1) is 14.9. The topological polar surface area (TPSA) is 41.6 Å². The van der Waals surface area contributed by atoms with Gasteiger partial charge < -0.3 is 15.0 Å². The van der Waals surface area contributed by atoms with Crippen LogP contribution in [-0.4, -0.2) is 37.6 Å². The predicted octanol–water partition coefficient (Wildman–Crippen LogP) is 2.21. The lowest BCUT2D eigenvalue weighted by Gasteiger charge is -2.30. The SMILES string of the molecule is COc1ccccc1C(C)N(C)C(=O)C1CCNC1C. The van der Waals surface area contributed by atoms with Crippen LogP contribution in [0.5, 0.6) is 5.75 Å². The summed E-state index contributed by atoms with van der Waals surface area (Å²) in [7, 11) is 3.54. The van der Waals surface area contributed by atoms with Crippen molar-refractivity contribution in [2.75, 3.05) is 20.7 Å². The summed E-state index contributed by atoms with van der Waals surface area (Å²) in [5.41, 5.74) is 1.05. The van der Waals surface area contributed by atoms with E-state index in [1.54, 1.807) is 7.11 Å². The van der Waals surface area contributed by atoms with E-state index in [0.29, 0.717) is 0 Å². The molecular weight excluding hydrogens is 252 g/mol. The zero-order valence-corrected chi connectivity index (χ0v) is 12.7. The van der Waals surface area contributed by atoms with Crippen molar-refractivity contribution >= 4 is 5.91 Å². The molecule has 4 heteroatoms. The molecule has 110 valence electrons. The summed E-state index contributed by atoms with van der Waals surface area (Å²) in [5.74, 6) is 1.12. The van der Waals surface area contributed by atoms with Crippen molar-refractivity contribution in [3.8, 4) is 5.75 Å². The summed E-state index contributed by atoms with van der Waals surface area (Å²) in [6, 6.07) is 8.14. The van der Waals surface area contributed by atoms with Crippen LogP contribution in [0.3, 0.4) is 0 Å². The van der Waals surface area contributed by atoms with Crippen molar-refractivity contribution < 1.29 is 9.53 Å². The molecular formula is C16H24N2O2. The second-order valence-electron chi connectivity index (χ2n) is 5.51. The first-order valence-corrected chi connectivity index (χ1v) is 7.19. The summed E-state index contributed by atoms with van der Waals surface area (Å²) in [5, 5.41) is 3.33. The molecule has 1 heterocycles. The second kappa shape index (κ2) is 6.27.